The quantitative estimate of drug-likeness (QED) is 0.195. The van der Waals surface area contributed by atoms with Crippen LogP contribution in [0.15, 0.2) is 83.4 Å². The van der Waals surface area contributed by atoms with Gasteiger partial charge in [-0.25, -0.2) is 0 Å². The molecule has 0 aliphatic carbocycles. The molecule has 0 fully saturated rings. The van der Waals surface area contributed by atoms with Crippen molar-refractivity contribution in [2.24, 2.45) is 0 Å². The zero-order valence-corrected chi connectivity index (χ0v) is 22.9. The minimum atomic E-state index is 0.114. The smallest absolute Gasteiger partial charge is 0.146 e. The van der Waals surface area contributed by atoms with E-state index >= 15 is 0 Å². The molecule has 6 heteroatoms. The molecule has 0 aliphatic heterocycles. The summed E-state index contributed by atoms with van der Waals surface area (Å²) < 4.78 is 11.9. The third-order valence-electron chi connectivity index (χ3n) is 6.48. The van der Waals surface area contributed by atoms with Gasteiger partial charge in [0, 0.05) is 17.9 Å². The molecule has 0 aliphatic rings. The first-order chi connectivity index (χ1) is 18.3. The van der Waals surface area contributed by atoms with Crippen LogP contribution in [0, 0.1) is 0 Å². The lowest BCUT2D eigenvalue weighted by atomic mass is 9.99. The van der Waals surface area contributed by atoms with Gasteiger partial charge in [0.25, 0.3) is 0 Å². The number of carbonyl (C=O) groups excluding carboxylic acids is 1. The fourth-order valence-electron chi connectivity index (χ4n) is 4.59. The Hall–Kier alpha value is -3.60. The number of aromatic nitrogens is 1. The number of rotatable bonds is 8. The van der Waals surface area contributed by atoms with Crippen molar-refractivity contribution in [1.82, 2.24) is 5.16 Å². The van der Waals surface area contributed by atoms with Crippen LogP contribution in [0.1, 0.15) is 43.6 Å². The van der Waals surface area contributed by atoms with E-state index in [1.807, 2.05) is 38.1 Å². The third-order valence-corrected chi connectivity index (χ3v) is 7.11. The molecular formula is C32H27Cl2NO3. The van der Waals surface area contributed by atoms with Crippen LogP contribution in [0.25, 0.3) is 33.2 Å². The van der Waals surface area contributed by atoms with Crippen LogP contribution in [-0.2, 0) is 17.8 Å². The first-order valence-corrected chi connectivity index (χ1v) is 13.2. The van der Waals surface area contributed by atoms with Crippen molar-refractivity contribution in [1.29, 1.82) is 0 Å². The standard InChI is InChI=1S/C32H27Cl2NO3/c1-19(2)32-27(31(35-38-32)30-28(33)5-4-6-29(30)34)18-37-26-14-13-24-16-23(11-12-25(24)17-26)22-9-7-21(8-10-22)15-20(3)36/h4-14,16-17,19H,15,18H2,1-3H3. The zero-order valence-electron chi connectivity index (χ0n) is 21.4. The molecule has 0 N–H and O–H groups in total. The molecule has 5 rings (SSSR count). The number of fused-ring (bicyclic) bond motifs is 1. The molecule has 4 nitrogen and oxygen atoms in total. The summed E-state index contributed by atoms with van der Waals surface area (Å²) in [6, 6.07) is 25.9. The number of nitrogens with zero attached hydrogens (tertiary/aromatic N) is 1. The summed E-state index contributed by atoms with van der Waals surface area (Å²) in [5.74, 6) is 1.76. The lowest BCUT2D eigenvalue weighted by molar-refractivity contribution is -0.116. The van der Waals surface area contributed by atoms with E-state index < -0.39 is 0 Å². The highest BCUT2D eigenvalue weighted by Crippen LogP contribution is 2.39. The molecular weight excluding hydrogens is 517 g/mol. The Morgan fingerprint density at radius 1 is 0.895 bits per heavy atom. The Morgan fingerprint density at radius 2 is 1.55 bits per heavy atom. The largest absolute Gasteiger partial charge is 0.489 e. The van der Waals surface area contributed by atoms with Crippen molar-refractivity contribution in [2.45, 2.75) is 39.7 Å². The second kappa shape index (κ2) is 11.0. The van der Waals surface area contributed by atoms with Crippen LogP contribution in [-0.4, -0.2) is 10.9 Å². The van der Waals surface area contributed by atoms with E-state index in [4.69, 9.17) is 32.5 Å². The number of ether oxygens (including phenoxy) is 1. The fraction of sp³-hybridized carbons (Fsp3) is 0.188. The second-order valence-electron chi connectivity index (χ2n) is 9.71. The summed E-state index contributed by atoms with van der Waals surface area (Å²) in [5.41, 5.74) is 5.33. The lowest BCUT2D eigenvalue weighted by Gasteiger charge is -2.12. The molecule has 0 amide bonds. The highest BCUT2D eigenvalue weighted by molar-refractivity contribution is 6.39. The summed E-state index contributed by atoms with van der Waals surface area (Å²) in [5, 5.41) is 7.51. The predicted molar refractivity (Wildman–Crippen MR) is 154 cm³/mol. The third kappa shape index (κ3) is 5.47. The summed E-state index contributed by atoms with van der Waals surface area (Å²) in [6.45, 7) is 5.97. The van der Waals surface area contributed by atoms with E-state index in [1.54, 1.807) is 25.1 Å². The topological polar surface area (TPSA) is 52.3 Å². The minimum absolute atomic E-state index is 0.114. The number of carbonyl (C=O) groups is 1. The van der Waals surface area contributed by atoms with Gasteiger partial charge in [-0.15, -0.1) is 0 Å². The van der Waals surface area contributed by atoms with Crippen LogP contribution in [0.3, 0.4) is 0 Å². The molecule has 0 saturated carbocycles. The normalized spacial score (nSPS) is 11.3. The number of ketones is 1. The molecule has 0 atom stereocenters. The molecule has 0 unspecified atom stereocenters. The van der Waals surface area contributed by atoms with Crippen molar-refractivity contribution in [3.63, 3.8) is 0 Å². The van der Waals surface area contributed by atoms with Gasteiger partial charge in [0.15, 0.2) is 0 Å². The molecule has 1 heterocycles. The van der Waals surface area contributed by atoms with Crippen LogP contribution >= 0.6 is 23.2 Å². The molecule has 4 aromatic carbocycles. The maximum atomic E-state index is 11.4. The molecule has 0 saturated heterocycles. The average Bonchev–Trinajstić information content (AvgIpc) is 3.31. The second-order valence-corrected chi connectivity index (χ2v) is 10.5. The molecule has 192 valence electrons. The van der Waals surface area contributed by atoms with E-state index in [2.05, 4.69) is 41.6 Å². The lowest BCUT2D eigenvalue weighted by Crippen LogP contribution is -2.01. The minimum Gasteiger partial charge on any atom is -0.489 e. The van der Waals surface area contributed by atoms with Crippen LogP contribution in [0.5, 0.6) is 5.75 Å². The van der Waals surface area contributed by atoms with Gasteiger partial charge < -0.3 is 9.26 Å². The monoisotopic (exact) mass is 543 g/mol. The van der Waals surface area contributed by atoms with Crippen molar-refractivity contribution in [3.8, 4) is 28.1 Å². The summed E-state index contributed by atoms with van der Waals surface area (Å²) in [7, 11) is 0. The Labute approximate surface area is 232 Å². The molecule has 0 bridgehead atoms. The summed E-state index contributed by atoms with van der Waals surface area (Å²) >= 11 is 12.9. The highest BCUT2D eigenvalue weighted by Gasteiger charge is 2.23. The first kappa shape index (κ1) is 26.0. The van der Waals surface area contributed by atoms with Gasteiger partial charge in [0.2, 0.25) is 0 Å². The van der Waals surface area contributed by atoms with Crippen molar-refractivity contribution in [3.05, 3.63) is 106 Å². The Morgan fingerprint density at radius 3 is 2.24 bits per heavy atom. The van der Waals surface area contributed by atoms with Crippen molar-refractivity contribution in [2.75, 3.05) is 0 Å². The number of hydrogen-bond acceptors (Lipinski definition) is 4. The van der Waals surface area contributed by atoms with Gasteiger partial charge in [-0.3, -0.25) is 4.79 Å². The molecule has 0 spiro atoms. The molecule has 0 radical (unpaired) electrons. The molecule has 1 aromatic heterocycles. The van der Waals surface area contributed by atoms with E-state index in [-0.39, 0.29) is 18.3 Å². The van der Waals surface area contributed by atoms with Gasteiger partial charge in [-0.1, -0.05) is 90.7 Å². The number of halogens is 2. The van der Waals surface area contributed by atoms with Gasteiger partial charge in [0.1, 0.15) is 29.6 Å². The SMILES string of the molecule is CC(=O)Cc1ccc(-c2ccc3cc(OCc4c(-c5c(Cl)cccc5Cl)noc4C(C)C)ccc3c2)cc1. The van der Waals surface area contributed by atoms with E-state index in [9.17, 15) is 4.79 Å². The molecule has 5 aromatic rings. The Balaban J connectivity index is 1.39. The van der Waals surface area contributed by atoms with Crippen molar-refractivity contribution < 1.29 is 14.1 Å². The van der Waals surface area contributed by atoms with E-state index in [0.717, 1.165) is 44.5 Å². The van der Waals surface area contributed by atoms with E-state index in [1.165, 1.54) is 0 Å². The van der Waals surface area contributed by atoms with Gasteiger partial charge in [-0.2, -0.15) is 0 Å². The summed E-state index contributed by atoms with van der Waals surface area (Å²) in [6.07, 6.45) is 0.460. The number of benzene rings is 4. The van der Waals surface area contributed by atoms with E-state index in [0.29, 0.717) is 27.7 Å². The maximum Gasteiger partial charge on any atom is 0.146 e. The van der Waals surface area contributed by atoms with Crippen LogP contribution in [0.4, 0.5) is 0 Å². The Kier molecular flexibility index (Phi) is 7.55. The first-order valence-electron chi connectivity index (χ1n) is 12.5. The molecule has 38 heavy (non-hydrogen) atoms. The predicted octanol–water partition coefficient (Wildman–Crippen LogP) is 9.30. The number of Topliss-reactive ketones (excluding diaryl/α,β-unsaturated/α-hetero) is 1. The van der Waals surface area contributed by atoms with Crippen LogP contribution < -0.4 is 4.74 Å². The fourth-order valence-corrected chi connectivity index (χ4v) is 5.16. The number of hydrogen-bond donors (Lipinski definition) is 0. The van der Waals surface area contributed by atoms with Crippen LogP contribution in [0.2, 0.25) is 10.0 Å². The highest BCUT2D eigenvalue weighted by atomic mass is 35.5. The van der Waals surface area contributed by atoms with Gasteiger partial charge >= 0.3 is 0 Å². The maximum absolute atomic E-state index is 11.4. The zero-order chi connectivity index (χ0) is 26.8. The van der Waals surface area contributed by atoms with Gasteiger partial charge in [-0.05, 0) is 64.7 Å². The van der Waals surface area contributed by atoms with Gasteiger partial charge in [0.05, 0.1) is 15.6 Å². The Bertz CT molecular complexity index is 1600. The van der Waals surface area contributed by atoms with Crippen molar-refractivity contribution >= 4 is 39.8 Å². The average molecular weight is 544 g/mol. The summed E-state index contributed by atoms with van der Waals surface area (Å²) in [4.78, 5) is 11.4.